The normalized spacial score (nSPS) is 11.7. The number of nitrogens with two attached hydrogens (primary N) is 1. The molecule has 0 radical (unpaired) electrons. The summed E-state index contributed by atoms with van der Waals surface area (Å²) in [5, 5.41) is 2.85. The van der Waals surface area contributed by atoms with E-state index < -0.39 is 0 Å². The van der Waals surface area contributed by atoms with Gasteiger partial charge >= 0.3 is 0 Å². The molecule has 0 aliphatic carbocycles. The summed E-state index contributed by atoms with van der Waals surface area (Å²) in [6, 6.07) is 0. The summed E-state index contributed by atoms with van der Waals surface area (Å²) in [7, 11) is 9.02. The van der Waals surface area contributed by atoms with E-state index in [2.05, 4.69) is 38.3 Å². The first kappa shape index (κ1) is 17.0. The van der Waals surface area contributed by atoms with Gasteiger partial charge in [-0.15, -0.1) is 0 Å². The summed E-state index contributed by atoms with van der Waals surface area (Å²) in [6.45, 7) is 1.88. The lowest BCUT2D eigenvalue weighted by Gasteiger charge is -2.16. The van der Waals surface area contributed by atoms with Gasteiger partial charge in [0.15, 0.2) is 5.96 Å². The number of guanidine groups is 1. The smallest absolute Gasteiger partial charge is 0.234 e. The van der Waals surface area contributed by atoms with Gasteiger partial charge in [-0.1, -0.05) is 9.39 Å². The summed E-state index contributed by atoms with van der Waals surface area (Å²) in [5.74, 6) is 0.505. The van der Waals surface area contributed by atoms with Gasteiger partial charge in [0.2, 0.25) is 5.91 Å². The van der Waals surface area contributed by atoms with E-state index in [0.29, 0.717) is 19.0 Å². The van der Waals surface area contributed by atoms with Crippen molar-refractivity contribution in [1.29, 1.82) is 0 Å². The van der Waals surface area contributed by atoms with Crippen LogP contribution >= 0.6 is 28.2 Å². The van der Waals surface area contributed by atoms with Gasteiger partial charge in [-0.3, -0.25) is 9.46 Å². The highest BCUT2D eigenvalue weighted by atomic mass is 31.0. The van der Waals surface area contributed by atoms with E-state index in [4.69, 9.17) is 5.73 Å². The Bertz CT molecular complexity index is 262. The monoisotopic (exact) mass is 297 g/mol. The van der Waals surface area contributed by atoms with E-state index in [1.165, 1.54) is 0 Å². The van der Waals surface area contributed by atoms with E-state index in [9.17, 15) is 4.79 Å². The number of unbranched alkanes of at least 4 members (excludes halogenated alkanes) is 1. The van der Waals surface area contributed by atoms with Crippen LogP contribution in [0.25, 0.3) is 0 Å². The molecule has 0 spiro atoms. The molecule has 9 heteroatoms. The Kier molecular flexibility index (Phi) is 9.96. The Hall–Kier alpha value is -0.0100. The fraction of sp³-hybridized carbons (Fsp3) is 0.750. The number of hydrogen-bond acceptors (Lipinski definition) is 3. The van der Waals surface area contributed by atoms with Gasteiger partial charge in [-0.05, 0) is 38.7 Å². The zero-order chi connectivity index (χ0) is 13.3. The van der Waals surface area contributed by atoms with Crippen LogP contribution in [0.15, 0.2) is 4.76 Å². The molecular weight excluding hydrogens is 275 g/mol. The molecule has 0 aromatic rings. The first-order valence-corrected chi connectivity index (χ1v) is 6.80. The summed E-state index contributed by atoms with van der Waals surface area (Å²) in [4.78, 5) is 11.3. The Morgan fingerprint density at radius 3 is 2.59 bits per heavy atom. The van der Waals surface area contributed by atoms with Gasteiger partial charge in [-0.25, -0.2) is 4.76 Å². The molecule has 0 heterocycles. The van der Waals surface area contributed by atoms with Crippen LogP contribution in [0.5, 0.6) is 0 Å². The van der Waals surface area contributed by atoms with Crippen LogP contribution in [-0.4, -0.2) is 47.9 Å². The van der Waals surface area contributed by atoms with Crippen molar-refractivity contribution < 1.29 is 4.79 Å². The van der Waals surface area contributed by atoms with Gasteiger partial charge in [0.1, 0.15) is 0 Å². The molecule has 0 fully saturated rings. The average molecular weight is 297 g/mol. The highest BCUT2D eigenvalue weighted by Gasteiger charge is 2.03. The average Bonchev–Trinajstić information content (AvgIpc) is 2.26. The minimum Gasteiger partial charge on any atom is -0.369 e. The Morgan fingerprint density at radius 2 is 2.06 bits per heavy atom. The summed E-state index contributed by atoms with van der Waals surface area (Å²) >= 11 is 0. The third-order valence-electron chi connectivity index (χ3n) is 1.97. The standard InChI is InChI=1S/C8H22N5OP3/c1-12(16)6-7(14)10-4-2-3-5-13(17)8(9)11-15/h2-6,15-17H2,1H3,(H2,9,11)(H,10,14). The molecule has 3 unspecified atom stereocenters. The van der Waals surface area contributed by atoms with Crippen molar-refractivity contribution in [3.05, 3.63) is 0 Å². The van der Waals surface area contributed by atoms with Crippen LogP contribution < -0.4 is 11.1 Å². The molecular formula is C8H22N5OP3. The highest BCUT2D eigenvalue weighted by Crippen LogP contribution is 2.02. The lowest BCUT2D eigenvalue weighted by molar-refractivity contribution is -0.121. The second-order valence-corrected chi connectivity index (χ2v) is 5.42. The molecule has 0 saturated carbocycles. The molecule has 3 atom stereocenters. The van der Waals surface area contributed by atoms with Crippen LogP contribution in [0.3, 0.4) is 0 Å². The van der Waals surface area contributed by atoms with Crippen LogP contribution in [-0.2, 0) is 4.79 Å². The number of nitrogens with zero attached hydrogens (tertiary/aromatic N) is 3. The number of rotatable bonds is 7. The third kappa shape index (κ3) is 9.67. The number of hydrogen-bond donors (Lipinski definition) is 2. The first-order chi connectivity index (χ1) is 7.97. The lowest BCUT2D eigenvalue weighted by Crippen LogP contribution is -2.32. The molecule has 0 saturated heterocycles. The van der Waals surface area contributed by atoms with E-state index >= 15 is 0 Å². The molecule has 0 aliphatic rings. The van der Waals surface area contributed by atoms with Gasteiger partial charge in [-0.2, -0.15) is 0 Å². The molecule has 1 amide bonds. The van der Waals surface area contributed by atoms with Gasteiger partial charge in [0, 0.05) is 13.1 Å². The van der Waals surface area contributed by atoms with Crippen molar-refractivity contribution in [3.8, 4) is 0 Å². The van der Waals surface area contributed by atoms with Crippen LogP contribution in [0, 0.1) is 0 Å². The predicted octanol–water partition coefficient (Wildman–Crippen LogP) is -0.198. The van der Waals surface area contributed by atoms with Crippen molar-refractivity contribution >= 4 is 40.0 Å². The third-order valence-corrected chi connectivity index (χ3v) is 2.94. The fourth-order valence-electron chi connectivity index (χ4n) is 1.11. The second kappa shape index (κ2) is 9.96. The maximum absolute atomic E-state index is 11.3. The maximum atomic E-state index is 11.3. The predicted molar refractivity (Wildman–Crippen MR) is 82.3 cm³/mol. The van der Waals surface area contributed by atoms with Crippen LogP contribution in [0.1, 0.15) is 12.8 Å². The summed E-state index contributed by atoms with van der Waals surface area (Å²) in [5.41, 5.74) is 5.59. The first-order valence-electron chi connectivity index (χ1n) is 5.25. The summed E-state index contributed by atoms with van der Waals surface area (Å²) in [6.07, 6.45) is 1.86. The van der Waals surface area contributed by atoms with Crippen LogP contribution in [0.4, 0.5) is 0 Å². The van der Waals surface area contributed by atoms with Crippen molar-refractivity contribution in [3.63, 3.8) is 0 Å². The quantitative estimate of drug-likeness (QED) is 0.295. The van der Waals surface area contributed by atoms with E-state index in [1.54, 1.807) is 9.34 Å². The molecule has 0 rings (SSSR count). The minimum absolute atomic E-state index is 0.0382. The zero-order valence-corrected chi connectivity index (χ0v) is 13.6. The number of amides is 1. The fourth-order valence-corrected chi connectivity index (χ4v) is 1.80. The van der Waals surface area contributed by atoms with Gasteiger partial charge in [0.05, 0.1) is 6.54 Å². The molecule has 17 heavy (non-hydrogen) atoms. The molecule has 3 N–H and O–H groups in total. The van der Waals surface area contributed by atoms with Crippen molar-refractivity contribution in [2.45, 2.75) is 12.8 Å². The Labute approximate surface area is 110 Å². The zero-order valence-electron chi connectivity index (χ0n) is 10.1. The molecule has 0 aromatic carbocycles. The van der Waals surface area contributed by atoms with Gasteiger partial charge < -0.3 is 15.7 Å². The molecule has 100 valence electrons. The highest BCUT2D eigenvalue weighted by molar-refractivity contribution is 7.16. The maximum Gasteiger partial charge on any atom is 0.234 e. The molecule has 0 aromatic heterocycles. The van der Waals surface area contributed by atoms with Crippen molar-refractivity contribution in [2.24, 2.45) is 10.5 Å². The van der Waals surface area contributed by atoms with E-state index in [-0.39, 0.29) is 5.91 Å². The van der Waals surface area contributed by atoms with Crippen molar-refractivity contribution in [1.82, 2.24) is 14.7 Å². The second-order valence-electron chi connectivity index (χ2n) is 3.65. The molecule has 0 bridgehead atoms. The van der Waals surface area contributed by atoms with E-state index in [0.717, 1.165) is 19.4 Å². The summed E-state index contributed by atoms with van der Waals surface area (Å²) < 4.78 is 7.34. The van der Waals surface area contributed by atoms with Crippen LogP contribution in [0.2, 0.25) is 0 Å². The minimum atomic E-state index is 0.0382. The Morgan fingerprint density at radius 1 is 1.41 bits per heavy atom. The SMILES string of the molecule is CN(P)CC(=O)NCCCCN(P)/C(N)=N/P. The van der Waals surface area contributed by atoms with E-state index in [1.807, 2.05) is 7.05 Å². The lowest BCUT2D eigenvalue weighted by atomic mass is 10.3. The number of likely N-dealkylation sites (N-methyl/N-ethyl adjacent to an activating group) is 1. The van der Waals surface area contributed by atoms with Crippen molar-refractivity contribution in [2.75, 3.05) is 26.7 Å². The topological polar surface area (TPSA) is 74.0 Å². The number of nitrogens with one attached hydrogen (secondary N) is 1. The largest absolute Gasteiger partial charge is 0.369 e. The Balaban J connectivity index is 3.50. The molecule has 0 aliphatic heterocycles. The van der Waals surface area contributed by atoms with Gasteiger partial charge in [0.25, 0.3) is 0 Å². The molecule has 6 nitrogen and oxygen atoms in total. The number of carbonyl (C=O) groups is 1. The number of carbonyl (C=O) groups excluding carboxylic acids is 1.